The minimum Gasteiger partial charge on any atom is -0.475 e. The maximum absolute atomic E-state index is 14.9. The Labute approximate surface area is 165 Å². The molecule has 0 saturated carbocycles. The van der Waals surface area contributed by atoms with E-state index >= 15 is 0 Å². The van der Waals surface area contributed by atoms with Crippen LogP contribution in [0.4, 0.5) is 10.2 Å². The first kappa shape index (κ1) is 17.8. The van der Waals surface area contributed by atoms with Crippen LogP contribution in [0.1, 0.15) is 34.8 Å². The summed E-state index contributed by atoms with van der Waals surface area (Å²) < 4.78 is 22.1. The van der Waals surface area contributed by atoms with Crippen molar-refractivity contribution in [3.05, 3.63) is 47.9 Å². The molecule has 29 heavy (non-hydrogen) atoms. The number of hydrogen-bond donors (Lipinski definition) is 2. The van der Waals surface area contributed by atoms with Gasteiger partial charge in [-0.1, -0.05) is 6.07 Å². The number of β-amino-alcohol motifs (C(OH)–C–C–N with tert-alkyl or cyclic N) is 1. The van der Waals surface area contributed by atoms with Crippen LogP contribution >= 0.6 is 0 Å². The van der Waals surface area contributed by atoms with E-state index in [4.69, 9.17) is 4.74 Å². The molecule has 2 aliphatic heterocycles. The second kappa shape index (κ2) is 6.96. The van der Waals surface area contributed by atoms with E-state index in [2.05, 4.69) is 20.4 Å². The summed E-state index contributed by atoms with van der Waals surface area (Å²) in [6, 6.07) is 4.97. The average Bonchev–Trinajstić information content (AvgIpc) is 3.33. The number of nitrogens with one attached hydrogen (secondary N) is 1. The van der Waals surface area contributed by atoms with Crippen molar-refractivity contribution in [2.45, 2.75) is 31.3 Å². The molecule has 2 bridgehead atoms. The first-order valence-electron chi connectivity index (χ1n) is 9.42. The summed E-state index contributed by atoms with van der Waals surface area (Å²) in [4.78, 5) is 22.9. The van der Waals surface area contributed by atoms with Gasteiger partial charge in [0.25, 0.3) is 5.91 Å². The SMILES string of the molecule is O=C1NCC(O)COc2ncccc2[C@H]2CCC(F)N2c2ccn3ncc1c3n2. The van der Waals surface area contributed by atoms with Crippen molar-refractivity contribution >= 4 is 17.4 Å². The van der Waals surface area contributed by atoms with E-state index in [0.29, 0.717) is 30.2 Å². The molecule has 0 spiro atoms. The van der Waals surface area contributed by atoms with Gasteiger partial charge >= 0.3 is 0 Å². The number of aliphatic hydroxyl groups excluding tert-OH is 1. The number of pyridine rings is 1. The van der Waals surface area contributed by atoms with Crippen LogP contribution in [0.5, 0.6) is 5.88 Å². The molecule has 10 heteroatoms. The number of ether oxygens (including phenoxy) is 1. The second-order valence-electron chi connectivity index (χ2n) is 7.12. The number of aromatic nitrogens is 4. The van der Waals surface area contributed by atoms with Crippen LogP contribution in [0.25, 0.3) is 5.65 Å². The van der Waals surface area contributed by atoms with Gasteiger partial charge in [0.05, 0.1) is 12.2 Å². The van der Waals surface area contributed by atoms with E-state index in [1.165, 1.54) is 10.7 Å². The molecule has 9 nitrogen and oxygen atoms in total. The Morgan fingerprint density at radius 1 is 1.31 bits per heavy atom. The van der Waals surface area contributed by atoms with Gasteiger partial charge in [0.2, 0.25) is 5.88 Å². The summed E-state index contributed by atoms with van der Waals surface area (Å²) in [6.07, 6.45) is 3.37. The lowest BCUT2D eigenvalue weighted by Gasteiger charge is -2.29. The van der Waals surface area contributed by atoms with Crippen molar-refractivity contribution in [3.63, 3.8) is 0 Å². The normalized spacial score (nSPS) is 24.6. The quantitative estimate of drug-likeness (QED) is 0.549. The van der Waals surface area contributed by atoms with E-state index in [1.54, 1.807) is 29.4 Å². The van der Waals surface area contributed by atoms with E-state index in [9.17, 15) is 14.3 Å². The number of anilines is 1. The Bertz CT molecular complexity index is 1070. The lowest BCUT2D eigenvalue weighted by Crippen LogP contribution is -2.36. The molecule has 2 aliphatic rings. The first-order chi connectivity index (χ1) is 14.1. The van der Waals surface area contributed by atoms with Gasteiger partial charge in [-0.2, -0.15) is 5.10 Å². The van der Waals surface area contributed by atoms with Gasteiger partial charge in [-0.25, -0.2) is 18.9 Å². The molecule has 2 unspecified atom stereocenters. The Morgan fingerprint density at radius 3 is 3.10 bits per heavy atom. The number of hydrogen-bond acceptors (Lipinski definition) is 7. The van der Waals surface area contributed by atoms with Crippen molar-refractivity contribution < 1.29 is 19.0 Å². The molecule has 1 fully saturated rings. The second-order valence-corrected chi connectivity index (χ2v) is 7.12. The van der Waals surface area contributed by atoms with Crippen molar-refractivity contribution in [2.75, 3.05) is 18.1 Å². The van der Waals surface area contributed by atoms with Crippen LogP contribution in [0.15, 0.2) is 36.8 Å². The number of carbonyl (C=O) groups is 1. The molecule has 0 aliphatic carbocycles. The molecular weight excluding hydrogens is 379 g/mol. The van der Waals surface area contributed by atoms with Crippen molar-refractivity contribution in [2.24, 2.45) is 0 Å². The summed E-state index contributed by atoms with van der Waals surface area (Å²) in [7, 11) is 0. The maximum atomic E-state index is 14.9. The molecule has 3 aromatic rings. The van der Waals surface area contributed by atoms with E-state index in [0.717, 1.165) is 5.56 Å². The zero-order valence-electron chi connectivity index (χ0n) is 15.4. The molecule has 3 atom stereocenters. The van der Waals surface area contributed by atoms with E-state index in [-0.39, 0.29) is 24.8 Å². The fourth-order valence-electron chi connectivity index (χ4n) is 3.86. The molecule has 5 heterocycles. The molecule has 5 rings (SSSR count). The maximum Gasteiger partial charge on any atom is 0.256 e. The van der Waals surface area contributed by atoms with Gasteiger partial charge in [-0.15, -0.1) is 0 Å². The van der Waals surface area contributed by atoms with Crippen LogP contribution in [0, 0.1) is 0 Å². The first-order valence-corrected chi connectivity index (χ1v) is 9.42. The minimum atomic E-state index is -1.23. The fraction of sp³-hybridized carbons (Fsp3) is 0.368. The van der Waals surface area contributed by atoms with Gasteiger partial charge in [0.1, 0.15) is 24.1 Å². The molecule has 2 N–H and O–H groups in total. The lowest BCUT2D eigenvalue weighted by atomic mass is 10.1. The van der Waals surface area contributed by atoms with Crippen molar-refractivity contribution in [1.82, 2.24) is 24.9 Å². The largest absolute Gasteiger partial charge is 0.475 e. The van der Waals surface area contributed by atoms with Gasteiger partial charge in [-0.3, -0.25) is 4.79 Å². The Hall–Kier alpha value is -3.27. The lowest BCUT2D eigenvalue weighted by molar-refractivity contribution is 0.0835. The number of nitrogens with zero attached hydrogens (tertiary/aromatic N) is 5. The smallest absolute Gasteiger partial charge is 0.256 e. The van der Waals surface area contributed by atoms with Gasteiger partial charge in [0.15, 0.2) is 11.9 Å². The molecule has 1 saturated heterocycles. The minimum absolute atomic E-state index is 0.000137. The highest BCUT2D eigenvalue weighted by molar-refractivity contribution is 5.99. The summed E-state index contributed by atoms with van der Waals surface area (Å²) >= 11 is 0. The third kappa shape index (κ3) is 3.05. The average molecular weight is 398 g/mol. The van der Waals surface area contributed by atoms with E-state index < -0.39 is 18.3 Å². The Morgan fingerprint density at radius 2 is 2.21 bits per heavy atom. The number of rotatable bonds is 0. The van der Waals surface area contributed by atoms with Crippen molar-refractivity contribution in [3.8, 4) is 5.88 Å². The number of amides is 1. The van der Waals surface area contributed by atoms with Crippen molar-refractivity contribution in [1.29, 1.82) is 0 Å². The topological polar surface area (TPSA) is 105 Å². The fourth-order valence-corrected chi connectivity index (χ4v) is 3.86. The van der Waals surface area contributed by atoms with E-state index in [1.807, 2.05) is 6.07 Å². The summed E-state index contributed by atoms with van der Waals surface area (Å²) in [5.74, 6) is 0.327. The highest BCUT2D eigenvalue weighted by atomic mass is 19.1. The summed E-state index contributed by atoms with van der Waals surface area (Å²) in [5, 5.41) is 17.0. The van der Waals surface area contributed by atoms with Crippen LogP contribution in [-0.2, 0) is 0 Å². The number of carbonyl (C=O) groups excluding carboxylic acids is 1. The number of aliphatic hydroxyl groups is 1. The highest BCUT2D eigenvalue weighted by Gasteiger charge is 2.37. The standard InChI is InChI=1S/C19H19FN6O3/c20-15-4-3-14-12-2-1-6-21-19(12)29-10-11(27)8-22-18(28)13-9-23-25-7-5-16(26(14)15)24-17(13)25/h1-2,5-7,9,11,14-15,27H,3-4,8,10H2,(H,22,28)/t11?,14-,15?/m1/s1. The molecule has 150 valence electrons. The van der Waals surface area contributed by atoms with Crippen LogP contribution < -0.4 is 15.0 Å². The summed E-state index contributed by atoms with van der Waals surface area (Å²) in [6.45, 7) is -0.0524. The molecule has 0 aromatic carbocycles. The molecular formula is C19H19FN6O3. The number of halogens is 1. The summed E-state index contributed by atoms with van der Waals surface area (Å²) in [5.41, 5.74) is 1.31. The third-order valence-corrected chi connectivity index (χ3v) is 5.25. The van der Waals surface area contributed by atoms with Gasteiger partial charge < -0.3 is 20.1 Å². The third-order valence-electron chi connectivity index (χ3n) is 5.25. The highest BCUT2D eigenvalue weighted by Crippen LogP contribution is 2.42. The zero-order valence-corrected chi connectivity index (χ0v) is 15.4. The van der Waals surface area contributed by atoms with Gasteiger partial charge in [0, 0.05) is 24.5 Å². The Balaban J connectivity index is 1.67. The number of alkyl halides is 1. The predicted octanol–water partition coefficient (Wildman–Crippen LogP) is 1.24. The zero-order chi connectivity index (χ0) is 20.0. The monoisotopic (exact) mass is 398 g/mol. The molecule has 0 radical (unpaired) electrons. The predicted molar refractivity (Wildman–Crippen MR) is 100 cm³/mol. The van der Waals surface area contributed by atoms with Crippen LogP contribution in [-0.4, -0.2) is 56.1 Å². The van der Waals surface area contributed by atoms with Crippen LogP contribution in [0.2, 0.25) is 0 Å². The Kier molecular flexibility index (Phi) is 4.27. The number of fused-ring (bicyclic) bond motifs is 5. The van der Waals surface area contributed by atoms with Crippen LogP contribution in [0.3, 0.4) is 0 Å². The molecule has 3 aromatic heterocycles. The molecule has 1 amide bonds. The van der Waals surface area contributed by atoms with Gasteiger partial charge in [-0.05, 0) is 25.0 Å².